The zero-order chi connectivity index (χ0) is 13.0. The Bertz CT molecular complexity index is 512. The fraction of sp³-hybridized carbons (Fsp3) is 0.231. The van der Waals surface area contributed by atoms with Crippen molar-refractivity contribution >= 4 is 0 Å². The normalized spacial score (nSPS) is 11.9. The monoisotopic (exact) mass is 246 g/mol. The molecule has 0 aliphatic rings. The lowest BCUT2D eigenvalue weighted by Crippen LogP contribution is -1.95. The molecule has 0 spiro atoms. The van der Waals surface area contributed by atoms with Gasteiger partial charge in [0.2, 0.25) is 5.88 Å². The molecule has 2 rings (SSSR count). The van der Waals surface area contributed by atoms with Crippen molar-refractivity contribution in [3.05, 3.63) is 42.1 Å². The van der Waals surface area contributed by atoms with Gasteiger partial charge in [-0.1, -0.05) is 12.1 Å². The van der Waals surface area contributed by atoms with Crippen molar-refractivity contribution in [2.75, 3.05) is 7.11 Å². The van der Waals surface area contributed by atoms with E-state index in [1.165, 1.54) is 7.11 Å². The summed E-state index contributed by atoms with van der Waals surface area (Å²) in [5, 5.41) is 9.39. The number of nitrogens with zero attached hydrogens (tertiary/aromatic N) is 2. The molecule has 1 aromatic heterocycles. The van der Waals surface area contributed by atoms with Crippen molar-refractivity contribution in [2.45, 2.75) is 13.0 Å². The van der Waals surface area contributed by atoms with Gasteiger partial charge in [0.25, 0.3) is 0 Å². The Morgan fingerprint density at radius 2 is 1.89 bits per heavy atom. The summed E-state index contributed by atoms with van der Waals surface area (Å²) in [5.74, 6) is 1.05. The SMILES string of the molecule is COc1ccnc(Oc2ccc(C(C)O)cc2)n1. The second-order valence-electron chi connectivity index (χ2n) is 3.73. The van der Waals surface area contributed by atoms with Crippen LogP contribution >= 0.6 is 0 Å². The maximum absolute atomic E-state index is 9.39. The molecule has 0 aliphatic heterocycles. The first-order valence-electron chi connectivity index (χ1n) is 5.52. The van der Waals surface area contributed by atoms with Gasteiger partial charge < -0.3 is 14.6 Å². The molecule has 1 aromatic carbocycles. The predicted molar refractivity (Wildman–Crippen MR) is 65.7 cm³/mol. The van der Waals surface area contributed by atoms with E-state index in [2.05, 4.69) is 9.97 Å². The molecule has 0 bridgehead atoms. The number of hydrogen-bond acceptors (Lipinski definition) is 5. The van der Waals surface area contributed by atoms with Crippen LogP contribution in [-0.4, -0.2) is 22.2 Å². The molecule has 0 saturated heterocycles. The minimum Gasteiger partial charge on any atom is -0.481 e. The molecular weight excluding hydrogens is 232 g/mol. The lowest BCUT2D eigenvalue weighted by Gasteiger charge is -2.07. The van der Waals surface area contributed by atoms with Crippen molar-refractivity contribution in [3.8, 4) is 17.6 Å². The van der Waals surface area contributed by atoms with Crippen LogP contribution in [0.2, 0.25) is 0 Å². The average Bonchev–Trinajstić information content (AvgIpc) is 2.39. The molecule has 2 aromatic rings. The second kappa shape index (κ2) is 5.46. The Labute approximate surface area is 105 Å². The summed E-state index contributed by atoms with van der Waals surface area (Å²) in [7, 11) is 1.53. The summed E-state index contributed by atoms with van der Waals surface area (Å²) in [4.78, 5) is 8.02. The van der Waals surface area contributed by atoms with E-state index in [9.17, 15) is 5.11 Å². The third-order valence-electron chi connectivity index (χ3n) is 2.39. The van der Waals surface area contributed by atoms with E-state index in [-0.39, 0.29) is 6.01 Å². The van der Waals surface area contributed by atoms with Gasteiger partial charge in [0, 0.05) is 12.3 Å². The molecular formula is C13H14N2O3. The molecule has 94 valence electrons. The van der Waals surface area contributed by atoms with Crippen LogP contribution < -0.4 is 9.47 Å². The summed E-state index contributed by atoms with van der Waals surface area (Å²) in [6.07, 6.45) is 1.07. The van der Waals surface area contributed by atoms with Crippen LogP contribution in [0.25, 0.3) is 0 Å². The molecule has 1 unspecified atom stereocenters. The maximum atomic E-state index is 9.39. The summed E-state index contributed by atoms with van der Waals surface area (Å²) in [5.41, 5.74) is 0.828. The first kappa shape index (κ1) is 12.3. The highest BCUT2D eigenvalue weighted by atomic mass is 16.5. The van der Waals surface area contributed by atoms with Gasteiger partial charge in [0.15, 0.2) is 0 Å². The van der Waals surface area contributed by atoms with Crippen molar-refractivity contribution in [3.63, 3.8) is 0 Å². The van der Waals surface area contributed by atoms with E-state index in [0.29, 0.717) is 11.6 Å². The van der Waals surface area contributed by atoms with Crippen molar-refractivity contribution in [2.24, 2.45) is 0 Å². The van der Waals surface area contributed by atoms with Gasteiger partial charge in [0.1, 0.15) is 5.75 Å². The van der Waals surface area contributed by atoms with E-state index in [4.69, 9.17) is 9.47 Å². The third-order valence-corrected chi connectivity index (χ3v) is 2.39. The Morgan fingerprint density at radius 3 is 2.50 bits per heavy atom. The molecule has 5 heteroatoms. The maximum Gasteiger partial charge on any atom is 0.325 e. The highest BCUT2D eigenvalue weighted by Gasteiger charge is 2.04. The molecule has 0 amide bonds. The lowest BCUT2D eigenvalue weighted by molar-refractivity contribution is 0.199. The van der Waals surface area contributed by atoms with Crippen LogP contribution in [0.3, 0.4) is 0 Å². The smallest absolute Gasteiger partial charge is 0.325 e. The molecule has 0 fully saturated rings. The fourth-order valence-corrected chi connectivity index (χ4v) is 1.41. The number of methoxy groups -OCH3 is 1. The largest absolute Gasteiger partial charge is 0.481 e. The first-order chi connectivity index (χ1) is 8.69. The zero-order valence-electron chi connectivity index (χ0n) is 10.2. The van der Waals surface area contributed by atoms with Crippen LogP contribution in [-0.2, 0) is 0 Å². The molecule has 0 saturated carbocycles. The number of hydrogen-bond donors (Lipinski definition) is 1. The van der Waals surface area contributed by atoms with E-state index in [1.807, 2.05) is 0 Å². The molecule has 0 radical (unpaired) electrons. The Morgan fingerprint density at radius 1 is 1.17 bits per heavy atom. The van der Waals surface area contributed by atoms with Crippen molar-refractivity contribution in [1.29, 1.82) is 0 Å². The van der Waals surface area contributed by atoms with Gasteiger partial charge in [-0.05, 0) is 24.6 Å². The Kier molecular flexibility index (Phi) is 3.74. The van der Waals surface area contributed by atoms with Gasteiger partial charge >= 0.3 is 6.01 Å². The number of ether oxygens (including phenoxy) is 2. The van der Waals surface area contributed by atoms with Crippen LogP contribution in [0.5, 0.6) is 17.6 Å². The number of benzene rings is 1. The van der Waals surface area contributed by atoms with Crippen LogP contribution in [0.4, 0.5) is 0 Å². The van der Waals surface area contributed by atoms with Crippen molar-refractivity contribution < 1.29 is 14.6 Å². The number of aliphatic hydroxyl groups is 1. The molecule has 5 nitrogen and oxygen atoms in total. The third kappa shape index (κ3) is 2.95. The quantitative estimate of drug-likeness (QED) is 0.896. The summed E-state index contributed by atoms with van der Waals surface area (Å²) in [6, 6.07) is 8.96. The number of rotatable bonds is 4. The first-order valence-corrected chi connectivity index (χ1v) is 5.52. The highest BCUT2D eigenvalue weighted by molar-refractivity contribution is 5.30. The van der Waals surface area contributed by atoms with E-state index >= 15 is 0 Å². The molecule has 0 aliphatic carbocycles. The summed E-state index contributed by atoms with van der Waals surface area (Å²) >= 11 is 0. The summed E-state index contributed by atoms with van der Waals surface area (Å²) < 4.78 is 10.5. The average molecular weight is 246 g/mol. The topological polar surface area (TPSA) is 64.5 Å². The molecule has 1 N–H and O–H groups in total. The lowest BCUT2D eigenvalue weighted by atomic mass is 10.1. The molecule has 1 heterocycles. The molecule has 18 heavy (non-hydrogen) atoms. The highest BCUT2D eigenvalue weighted by Crippen LogP contribution is 2.21. The fourth-order valence-electron chi connectivity index (χ4n) is 1.41. The minimum atomic E-state index is -0.493. The van der Waals surface area contributed by atoms with Crippen LogP contribution in [0.1, 0.15) is 18.6 Å². The van der Waals surface area contributed by atoms with Crippen LogP contribution in [0.15, 0.2) is 36.5 Å². The van der Waals surface area contributed by atoms with Crippen molar-refractivity contribution in [1.82, 2.24) is 9.97 Å². The standard InChI is InChI=1S/C13H14N2O3/c1-9(16)10-3-5-11(6-4-10)18-13-14-8-7-12(15-13)17-2/h3-9,16H,1-2H3. The van der Waals surface area contributed by atoms with Gasteiger partial charge in [-0.3, -0.25) is 0 Å². The second-order valence-corrected chi connectivity index (χ2v) is 3.73. The Hall–Kier alpha value is -2.14. The number of aliphatic hydroxyl groups excluding tert-OH is 1. The van der Waals surface area contributed by atoms with E-state index < -0.39 is 6.10 Å². The van der Waals surface area contributed by atoms with Gasteiger partial charge in [-0.15, -0.1) is 0 Å². The number of aromatic nitrogens is 2. The van der Waals surface area contributed by atoms with Gasteiger partial charge in [-0.2, -0.15) is 4.98 Å². The molecule has 1 atom stereocenters. The van der Waals surface area contributed by atoms with E-state index in [1.54, 1.807) is 43.5 Å². The minimum absolute atomic E-state index is 0.221. The van der Waals surface area contributed by atoms with Gasteiger partial charge in [0.05, 0.1) is 13.2 Å². The van der Waals surface area contributed by atoms with Gasteiger partial charge in [-0.25, -0.2) is 4.98 Å². The predicted octanol–water partition coefficient (Wildman–Crippen LogP) is 2.33. The van der Waals surface area contributed by atoms with Crippen LogP contribution in [0, 0.1) is 0 Å². The van der Waals surface area contributed by atoms with E-state index in [0.717, 1.165) is 5.56 Å². The Balaban J connectivity index is 2.13. The zero-order valence-corrected chi connectivity index (χ0v) is 10.2. The summed E-state index contributed by atoms with van der Waals surface area (Å²) in [6.45, 7) is 1.71.